The highest BCUT2D eigenvalue weighted by atomic mass is 35.5. The van der Waals surface area contributed by atoms with Gasteiger partial charge in [-0.3, -0.25) is 0 Å². The Labute approximate surface area is 120 Å². The van der Waals surface area contributed by atoms with Gasteiger partial charge in [-0.15, -0.1) is 11.6 Å². The summed E-state index contributed by atoms with van der Waals surface area (Å²) in [6, 6.07) is 0. The highest BCUT2D eigenvalue weighted by molar-refractivity contribution is 6.17. The molecular formula is C16H33ClO. The van der Waals surface area contributed by atoms with Crippen LogP contribution in [0, 0.1) is 5.92 Å². The molecule has 18 heavy (non-hydrogen) atoms. The Morgan fingerprint density at radius 3 is 2.06 bits per heavy atom. The molecule has 1 nitrogen and oxygen atoms in total. The first-order chi connectivity index (χ1) is 8.58. The molecule has 0 heterocycles. The average Bonchev–Trinajstić information content (AvgIpc) is 2.36. The van der Waals surface area contributed by atoms with Gasteiger partial charge in [-0.25, -0.2) is 0 Å². The Bertz CT molecular complexity index is 180. The fraction of sp³-hybridized carbons (Fsp3) is 1.00. The second-order valence-corrected chi connectivity index (χ2v) is 6.27. The van der Waals surface area contributed by atoms with Crippen LogP contribution in [0.3, 0.4) is 0 Å². The molecule has 0 aliphatic rings. The molecule has 0 bridgehead atoms. The average molecular weight is 277 g/mol. The van der Waals surface area contributed by atoms with E-state index in [0.29, 0.717) is 5.92 Å². The lowest BCUT2D eigenvalue weighted by atomic mass is 9.83. The van der Waals surface area contributed by atoms with Crippen LogP contribution in [0.5, 0.6) is 0 Å². The molecule has 110 valence electrons. The third kappa shape index (κ3) is 8.37. The third-order valence-electron chi connectivity index (χ3n) is 4.10. The van der Waals surface area contributed by atoms with Crippen LogP contribution in [0.15, 0.2) is 0 Å². The summed E-state index contributed by atoms with van der Waals surface area (Å²) in [5, 5.41) is 0. The molecule has 0 spiro atoms. The maximum Gasteiger partial charge on any atom is 0.0650 e. The number of hydrogen-bond acceptors (Lipinski definition) is 1. The Kier molecular flexibility index (Phi) is 11.3. The SMILES string of the molecule is CCCCCCCCC(CCCCl)C(C)(C)OC. The topological polar surface area (TPSA) is 9.23 Å². The molecule has 0 fully saturated rings. The van der Waals surface area contributed by atoms with Crippen LogP contribution in [0.25, 0.3) is 0 Å². The van der Waals surface area contributed by atoms with Gasteiger partial charge >= 0.3 is 0 Å². The standard InChI is InChI=1S/C16H33ClO/c1-5-6-7-8-9-10-12-15(13-11-14-17)16(2,3)18-4/h15H,5-14H2,1-4H3. The Balaban J connectivity index is 3.87. The molecule has 0 aromatic heterocycles. The van der Waals surface area contributed by atoms with Crippen molar-refractivity contribution < 1.29 is 4.74 Å². The highest BCUT2D eigenvalue weighted by Gasteiger charge is 2.28. The summed E-state index contributed by atoms with van der Waals surface area (Å²) >= 11 is 5.82. The molecule has 0 aromatic carbocycles. The number of alkyl halides is 1. The third-order valence-corrected chi connectivity index (χ3v) is 4.37. The Morgan fingerprint density at radius 2 is 1.50 bits per heavy atom. The van der Waals surface area contributed by atoms with Crippen LogP contribution in [0.1, 0.15) is 78.6 Å². The number of methoxy groups -OCH3 is 1. The molecule has 0 aliphatic carbocycles. The molecule has 0 aliphatic heterocycles. The number of hydrogen-bond donors (Lipinski definition) is 0. The van der Waals surface area contributed by atoms with E-state index in [0.717, 1.165) is 12.3 Å². The van der Waals surface area contributed by atoms with Gasteiger partial charge in [0.1, 0.15) is 0 Å². The lowest BCUT2D eigenvalue weighted by Gasteiger charge is -2.33. The van der Waals surface area contributed by atoms with Crippen LogP contribution < -0.4 is 0 Å². The highest BCUT2D eigenvalue weighted by Crippen LogP contribution is 2.30. The van der Waals surface area contributed by atoms with E-state index in [-0.39, 0.29) is 5.60 Å². The van der Waals surface area contributed by atoms with E-state index >= 15 is 0 Å². The van der Waals surface area contributed by atoms with Crippen molar-refractivity contribution in [2.24, 2.45) is 5.92 Å². The number of ether oxygens (including phenoxy) is 1. The minimum absolute atomic E-state index is 0.00449. The molecule has 0 saturated carbocycles. The van der Waals surface area contributed by atoms with Crippen molar-refractivity contribution in [2.75, 3.05) is 13.0 Å². The minimum atomic E-state index is -0.00449. The van der Waals surface area contributed by atoms with Crippen molar-refractivity contribution in [3.63, 3.8) is 0 Å². The normalized spacial score (nSPS) is 13.8. The number of unbranched alkanes of at least 4 members (excludes halogenated alkanes) is 5. The Hall–Kier alpha value is 0.250. The van der Waals surface area contributed by atoms with Gasteiger partial charge in [0, 0.05) is 13.0 Å². The predicted octanol–water partition coefficient (Wildman–Crippen LogP) is 5.80. The lowest BCUT2D eigenvalue weighted by Crippen LogP contribution is -2.33. The van der Waals surface area contributed by atoms with Crippen LogP contribution in [0.4, 0.5) is 0 Å². The first-order valence-electron chi connectivity index (χ1n) is 7.69. The molecule has 0 radical (unpaired) electrons. The van der Waals surface area contributed by atoms with Gasteiger partial charge in [-0.1, -0.05) is 45.4 Å². The summed E-state index contributed by atoms with van der Waals surface area (Å²) in [6.07, 6.45) is 11.8. The van der Waals surface area contributed by atoms with E-state index in [9.17, 15) is 0 Å². The largest absolute Gasteiger partial charge is 0.379 e. The molecule has 0 N–H and O–H groups in total. The van der Waals surface area contributed by atoms with Gasteiger partial charge in [0.25, 0.3) is 0 Å². The molecule has 2 heteroatoms. The summed E-state index contributed by atoms with van der Waals surface area (Å²) in [6.45, 7) is 6.69. The molecule has 1 unspecified atom stereocenters. The van der Waals surface area contributed by atoms with Crippen molar-refractivity contribution in [1.29, 1.82) is 0 Å². The van der Waals surface area contributed by atoms with Crippen LogP contribution in [0.2, 0.25) is 0 Å². The summed E-state index contributed by atoms with van der Waals surface area (Å²) < 4.78 is 5.65. The van der Waals surface area contributed by atoms with Crippen LogP contribution in [-0.4, -0.2) is 18.6 Å². The molecule has 0 saturated heterocycles. The number of rotatable bonds is 12. The van der Waals surface area contributed by atoms with Gasteiger partial charge in [0.05, 0.1) is 5.60 Å². The van der Waals surface area contributed by atoms with E-state index in [4.69, 9.17) is 16.3 Å². The van der Waals surface area contributed by atoms with E-state index < -0.39 is 0 Å². The van der Waals surface area contributed by atoms with E-state index in [1.807, 2.05) is 7.11 Å². The van der Waals surface area contributed by atoms with Crippen molar-refractivity contribution in [3.8, 4) is 0 Å². The first kappa shape index (κ1) is 18.2. The fourth-order valence-electron chi connectivity index (χ4n) is 2.50. The monoisotopic (exact) mass is 276 g/mol. The second kappa shape index (κ2) is 11.1. The maximum absolute atomic E-state index is 5.82. The van der Waals surface area contributed by atoms with Crippen LogP contribution >= 0.6 is 11.6 Å². The van der Waals surface area contributed by atoms with Crippen LogP contribution in [-0.2, 0) is 4.74 Å². The molecule has 0 amide bonds. The van der Waals surface area contributed by atoms with E-state index in [1.54, 1.807) is 0 Å². The van der Waals surface area contributed by atoms with Gasteiger partial charge in [-0.2, -0.15) is 0 Å². The zero-order valence-electron chi connectivity index (χ0n) is 12.9. The zero-order chi connectivity index (χ0) is 13.9. The van der Waals surface area contributed by atoms with Gasteiger partial charge in [0.2, 0.25) is 0 Å². The number of halogens is 1. The summed E-state index contributed by atoms with van der Waals surface area (Å²) in [4.78, 5) is 0. The lowest BCUT2D eigenvalue weighted by molar-refractivity contribution is -0.0346. The Morgan fingerprint density at radius 1 is 0.944 bits per heavy atom. The summed E-state index contributed by atoms with van der Waals surface area (Å²) in [7, 11) is 1.83. The maximum atomic E-state index is 5.82. The van der Waals surface area contributed by atoms with Crippen molar-refractivity contribution in [1.82, 2.24) is 0 Å². The van der Waals surface area contributed by atoms with E-state index in [2.05, 4.69) is 20.8 Å². The molecular weight excluding hydrogens is 244 g/mol. The predicted molar refractivity (Wildman–Crippen MR) is 82.5 cm³/mol. The zero-order valence-corrected chi connectivity index (χ0v) is 13.7. The second-order valence-electron chi connectivity index (χ2n) is 5.89. The molecule has 1 atom stereocenters. The van der Waals surface area contributed by atoms with Gasteiger partial charge < -0.3 is 4.74 Å². The molecule has 0 rings (SSSR count). The van der Waals surface area contributed by atoms with Crippen molar-refractivity contribution in [2.45, 2.75) is 84.2 Å². The first-order valence-corrected chi connectivity index (χ1v) is 8.23. The van der Waals surface area contributed by atoms with Crippen molar-refractivity contribution >= 4 is 11.6 Å². The fourth-order valence-corrected chi connectivity index (χ4v) is 2.66. The van der Waals surface area contributed by atoms with Crippen molar-refractivity contribution in [3.05, 3.63) is 0 Å². The molecule has 0 aromatic rings. The smallest absolute Gasteiger partial charge is 0.0650 e. The minimum Gasteiger partial charge on any atom is -0.379 e. The summed E-state index contributed by atoms with van der Waals surface area (Å²) in [5.41, 5.74) is -0.00449. The summed E-state index contributed by atoms with van der Waals surface area (Å²) in [5.74, 6) is 1.42. The van der Waals surface area contributed by atoms with Gasteiger partial charge in [0.15, 0.2) is 0 Å². The van der Waals surface area contributed by atoms with Gasteiger partial charge in [-0.05, 0) is 39.0 Å². The quantitative estimate of drug-likeness (QED) is 0.323. The van der Waals surface area contributed by atoms with E-state index in [1.165, 1.54) is 51.4 Å².